The Bertz CT molecular complexity index is 663. The van der Waals surface area contributed by atoms with E-state index in [0.29, 0.717) is 24.3 Å². The van der Waals surface area contributed by atoms with Crippen LogP contribution in [-0.2, 0) is 19.9 Å². The average Bonchev–Trinajstić information content (AvgIpc) is 2.81. The molecule has 2 aliphatic rings. The molecule has 0 saturated carbocycles. The normalized spacial score (nSPS) is 22.8. The van der Waals surface area contributed by atoms with Crippen LogP contribution in [0.1, 0.15) is 13.3 Å². The molecule has 0 radical (unpaired) electrons. The number of hydrogen-bond donors (Lipinski definition) is 1. The van der Waals surface area contributed by atoms with Crippen LogP contribution in [0.25, 0.3) is 0 Å². The Labute approximate surface area is 115 Å². The second kappa shape index (κ2) is 5.18. The maximum atomic E-state index is 11.2. The van der Waals surface area contributed by atoms with Gasteiger partial charge in [-0.15, -0.1) is 0 Å². The largest absolute Gasteiger partial charge is 0.478 e. The topological polar surface area (TPSA) is 93.0 Å². The lowest BCUT2D eigenvalue weighted by Gasteiger charge is -2.21. The molecule has 0 fully saturated rings. The fourth-order valence-corrected chi connectivity index (χ4v) is 3.06. The number of nitrogens with zero attached hydrogens (tertiary/aromatic N) is 1. The van der Waals surface area contributed by atoms with Crippen LogP contribution in [0.15, 0.2) is 27.4 Å². The number of hydrogen-bond acceptors (Lipinski definition) is 5. The van der Waals surface area contributed by atoms with Gasteiger partial charge >= 0.3 is 5.97 Å². The molecule has 1 heterocycles. The monoisotopic (exact) mass is 303 g/mol. The van der Waals surface area contributed by atoms with Crippen molar-refractivity contribution in [3.8, 4) is 0 Å². The first kappa shape index (κ1) is 13.8. The van der Waals surface area contributed by atoms with E-state index in [9.17, 15) is 13.2 Å². The minimum atomic E-state index is -2.52. The van der Waals surface area contributed by atoms with Crippen molar-refractivity contribution in [3.63, 3.8) is 0 Å². The summed E-state index contributed by atoms with van der Waals surface area (Å²) < 4.78 is 22.4. The van der Waals surface area contributed by atoms with Gasteiger partial charge in [0.05, 0.1) is 21.2 Å². The summed E-state index contributed by atoms with van der Waals surface area (Å²) in [6, 6.07) is 0. The van der Waals surface area contributed by atoms with Crippen molar-refractivity contribution in [1.82, 2.24) is 0 Å². The molecule has 0 aromatic rings. The van der Waals surface area contributed by atoms with Crippen LogP contribution < -0.4 is 0 Å². The zero-order chi connectivity index (χ0) is 14.2. The fourth-order valence-electron chi connectivity index (χ4n) is 2.03. The number of rotatable bonds is 2. The Balaban J connectivity index is 2.67. The van der Waals surface area contributed by atoms with Crippen molar-refractivity contribution in [2.75, 3.05) is 6.61 Å². The van der Waals surface area contributed by atoms with E-state index in [1.165, 1.54) is 0 Å². The third-order valence-electron chi connectivity index (χ3n) is 2.96. The SMILES string of the molecule is CC1C(C2=NOCC2)=C(Cl)C(C(=O)O)=CC1=S(=O)=O. The van der Waals surface area contributed by atoms with E-state index in [4.69, 9.17) is 21.5 Å². The van der Waals surface area contributed by atoms with Gasteiger partial charge in [0.15, 0.2) is 0 Å². The number of aliphatic carboxylic acids is 1. The molecule has 0 spiro atoms. The lowest BCUT2D eigenvalue weighted by molar-refractivity contribution is -0.132. The molecule has 1 unspecified atom stereocenters. The highest BCUT2D eigenvalue weighted by Gasteiger charge is 2.33. The van der Waals surface area contributed by atoms with Gasteiger partial charge in [-0.25, -0.2) is 4.79 Å². The maximum Gasteiger partial charge on any atom is 0.337 e. The molecular weight excluding hydrogens is 294 g/mol. The Hall–Kier alpha value is -1.60. The van der Waals surface area contributed by atoms with Gasteiger partial charge in [-0.05, 0) is 6.08 Å². The van der Waals surface area contributed by atoms with Gasteiger partial charge in [-0.3, -0.25) is 0 Å². The number of carbonyl (C=O) groups is 1. The minimum Gasteiger partial charge on any atom is -0.478 e. The molecule has 0 aromatic carbocycles. The predicted octanol–water partition coefficient (Wildman–Crippen LogP) is 0.968. The lowest BCUT2D eigenvalue weighted by Crippen LogP contribution is -2.25. The minimum absolute atomic E-state index is 0.0125. The van der Waals surface area contributed by atoms with E-state index >= 15 is 0 Å². The van der Waals surface area contributed by atoms with Gasteiger partial charge < -0.3 is 9.94 Å². The lowest BCUT2D eigenvalue weighted by atomic mass is 9.85. The number of carboxylic acid groups (broad SMARTS) is 1. The first-order valence-corrected chi connectivity index (χ1v) is 6.89. The molecule has 19 heavy (non-hydrogen) atoms. The maximum absolute atomic E-state index is 11.2. The molecule has 1 N–H and O–H groups in total. The molecule has 1 aliphatic carbocycles. The van der Waals surface area contributed by atoms with E-state index in [1.54, 1.807) is 6.92 Å². The van der Waals surface area contributed by atoms with Gasteiger partial charge in [0.1, 0.15) is 6.61 Å². The molecule has 1 aliphatic heterocycles. The van der Waals surface area contributed by atoms with Crippen LogP contribution in [0.2, 0.25) is 0 Å². The molecule has 2 rings (SSSR count). The van der Waals surface area contributed by atoms with Gasteiger partial charge in [0.25, 0.3) is 0 Å². The Morgan fingerprint density at radius 2 is 2.26 bits per heavy atom. The second-order valence-corrected chi connectivity index (χ2v) is 5.39. The van der Waals surface area contributed by atoms with Gasteiger partial charge in [-0.2, -0.15) is 8.42 Å². The molecule has 1 atom stereocenters. The summed E-state index contributed by atoms with van der Waals surface area (Å²) >= 11 is 6.07. The van der Waals surface area contributed by atoms with E-state index < -0.39 is 22.2 Å². The van der Waals surface area contributed by atoms with Gasteiger partial charge in [0, 0.05) is 17.9 Å². The number of oxime groups is 1. The summed E-state index contributed by atoms with van der Waals surface area (Å²) in [5.74, 6) is -1.83. The fraction of sp³-hybridized carbons (Fsp3) is 0.364. The molecule has 8 heteroatoms. The highest BCUT2D eigenvalue weighted by atomic mass is 35.5. The Morgan fingerprint density at radius 1 is 1.58 bits per heavy atom. The molecule has 0 saturated heterocycles. The highest BCUT2D eigenvalue weighted by molar-refractivity contribution is 7.73. The zero-order valence-electron chi connectivity index (χ0n) is 9.88. The third-order valence-corrected chi connectivity index (χ3v) is 4.22. The first-order valence-electron chi connectivity index (χ1n) is 5.43. The van der Waals surface area contributed by atoms with Crippen LogP contribution in [-0.4, -0.2) is 36.7 Å². The average molecular weight is 304 g/mol. The number of halogens is 1. The van der Waals surface area contributed by atoms with E-state index in [2.05, 4.69) is 5.16 Å². The summed E-state index contributed by atoms with van der Waals surface area (Å²) in [5.41, 5.74) is 0.647. The van der Waals surface area contributed by atoms with Gasteiger partial charge in [-0.1, -0.05) is 23.7 Å². The molecule has 0 aromatic heterocycles. The summed E-state index contributed by atoms with van der Waals surface area (Å²) in [7, 11) is -2.52. The number of allylic oxidation sites excluding steroid dienone is 2. The van der Waals surface area contributed by atoms with Crippen molar-refractivity contribution in [1.29, 1.82) is 0 Å². The van der Waals surface area contributed by atoms with Crippen molar-refractivity contribution < 1.29 is 23.2 Å². The summed E-state index contributed by atoms with van der Waals surface area (Å²) in [6.07, 6.45) is 1.56. The smallest absolute Gasteiger partial charge is 0.337 e. The van der Waals surface area contributed by atoms with Crippen molar-refractivity contribution in [2.24, 2.45) is 11.1 Å². The summed E-state index contributed by atoms with van der Waals surface area (Å²) in [5, 5.41) is 12.9. The molecule has 102 valence electrons. The van der Waals surface area contributed by atoms with Crippen molar-refractivity contribution in [2.45, 2.75) is 13.3 Å². The predicted molar refractivity (Wildman–Crippen MR) is 69.7 cm³/mol. The second-order valence-electron chi connectivity index (χ2n) is 4.07. The van der Waals surface area contributed by atoms with Crippen LogP contribution in [0.4, 0.5) is 0 Å². The number of carboxylic acids is 1. The van der Waals surface area contributed by atoms with Gasteiger partial charge in [0.2, 0.25) is 10.3 Å². The molecule has 0 bridgehead atoms. The molecular formula is C11H10ClNO5S. The zero-order valence-corrected chi connectivity index (χ0v) is 11.5. The Morgan fingerprint density at radius 3 is 2.74 bits per heavy atom. The van der Waals surface area contributed by atoms with Crippen molar-refractivity contribution >= 4 is 38.4 Å². The standard InChI is InChI=1S/C11H10ClNO5S/c1-5-8(19(16)17)4-6(11(14)15)10(12)9(5)7-2-3-18-13-7/h4-5H,2-3H2,1H3,(H,14,15). The van der Waals surface area contributed by atoms with Crippen LogP contribution in [0.5, 0.6) is 0 Å². The van der Waals surface area contributed by atoms with E-state index in [-0.39, 0.29) is 15.5 Å². The Kier molecular flexibility index (Phi) is 3.77. The van der Waals surface area contributed by atoms with Crippen LogP contribution >= 0.6 is 11.6 Å². The quantitative estimate of drug-likeness (QED) is 0.767. The third kappa shape index (κ3) is 2.43. The summed E-state index contributed by atoms with van der Waals surface area (Å²) in [6.45, 7) is 2.01. The summed E-state index contributed by atoms with van der Waals surface area (Å²) in [4.78, 5) is 16.0. The molecule has 6 nitrogen and oxygen atoms in total. The van der Waals surface area contributed by atoms with Crippen LogP contribution in [0.3, 0.4) is 0 Å². The van der Waals surface area contributed by atoms with Crippen LogP contribution in [0, 0.1) is 5.92 Å². The van der Waals surface area contributed by atoms with E-state index in [0.717, 1.165) is 6.08 Å². The van der Waals surface area contributed by atoms with Crippen molar-refractivity contribution in [3.05, 3.63) is 22.3 Å². The highest BCUT2D eigenvalue weighted by Crippen LogP contribution is 2.33. The first-order chi connectivity index (χ1) is 8.93. The molecule has 0 amide bonds. The van der Waals surface area contributed by atoms with E-state index in [1.807, 2.05) is 0 Å².